The molecule has 4 nitrogen and oxygen atoms in total. The van der Waals surface area contributed by atoms with Crippen LogP contribution in [0.15, 0.2) is 64.9 Å². The Balaban J connectivity index is 1.63. The van der Waals surface area contributed by atoms with Gasteiger partial charge in [0.1, 0.15) is 10.0 Å². The first-order valence-corrected chi connectivity index (χ1v) is 9.97. The van der Waals surface area contributed by atoms with Crippen LogP contribution in [-0.2, 0) is 16.6 Å². The van der Waals surface area contributed by atoms with Crippen LogP contribution in [0.1, 0.15) is 5.56 Å². The lowest BCUT2D eigenvalue weighted by Gasteiger charge is -2.09. The van der Waals surface area contributed by atoms with Crippen LogP contribution in [-0.4, -0.2) is 8.42 Å². The molecule has 0 spiro atoms. The first-order valence-electron chi connectivity index (χ1n) is 7.29. The highest BCUT2D eigenvalue weighted by molar-refractivity contribution is 7.94. The largest absolute Gasteiger partial charge is 0.381 e. The summed E-state index contributed by atoms with van der Waals surface area (Å²) in [5.74, 6) is -0.271. The average Bonchev–Trinajstić information content (AvgIpc) is 3.03. The molecule has 0 unspecified atom stereocenters. The van der Waals surface area contributed by atoms with Crippen LogP contribution < -0.4 is 10.0 Å². The number of benzene rings is 2. The highest BCUT2D eigenvalue weighted by Gasteiger charge is 2.16. The summed E-state index contributed by atoms with van der Waals surface area (Å²) in [7, 11) is -3.64. The van der Waals surface area contributed by atoms with Crippen molar-refractivity contribution in [2.75, 3.05) is 10.0 Å². The third kappa shape index (κ3) is 4.72. The number of sulfonamides is 1. The van der Waals surface area contributed by atoms with E-state index in [9.17, 15) is 12.8 Å². The second-order valence-electron chi connectivity index (χ2n) is 5.22. The Morgan fingerprint density at radius 3 is 2.16 bits per heavy atom. The third-order valence-electron chi connectivity index (χ3n) is 3.36. The molecule has 0 aliphatic carbocycles. The molecule has 2 N–H and O–H groups in total. The highest BCUT2D eigenvalue weighted by atomic mass is 35.5. The molecule has 0 bridgehead atoms. The zero-order chi connectivity index (χ0) is 17.9. The molecule has 0 amide bonds. The summed E-state index contributed by atoms with van der Waals surface area (Å²) in [6, 6.07) is 16.1. The second-order valence-corrected chi connectivity index (χ2v) is 8.85. The third-order valence-corrected chi connectivity index (χ3v) is 6.46. The molecule has 1 aromatic heterocycles. The SMILES string of the molecule is O=S(=O)(Nc1ccc(NCc2ccc(F)cc2)cc1)c1ccc(Cl)s1. The minimum Gasteiger partial charge on any atom is -0.381 e. The zero-order valence-electron chi connectivity index (χ0n) is 12.9. The van der Waals surface area contributed by atoms with Crippen molar-refractivity contribution in [3.8, 4) is 0 Å². The van der Waals surface area contributed by atoms with Gasteiger partial charge in [-0.25, -0.2) is 12.8 Å². The Morgan fingerprint density at radius 2 is 1.56 bits per heavy atom. The maximum Gasteiger partial charge on any atom is 0.271 e. The predicted molar refractivity (Wildman–Crippen MR) is 100 cm³/mol. The minimum atomic E-state index is -3.64. The molecule has 0 atom stereocenters. The van der Waals surface area contributed by atoms with Gasteiger partial charge in [-0.15, -0.1) is 11.3 Å². The minimum absolute atomic E-state index is 0.163. The van der Waals surface area contributed by atoms with Crippen LogP contribution >= 0.6 is 22.9 Å². The Morgan fingerprint density at radius 1 is 0.920 bits per heavy atom. The van der Waals surface area contributed by atoms with Crippen LogP contribution in [0.25, 0.3) is 0 Å². The molecule has 0 radical (unpaired) electrons. The van der Waals surface area contributed by atoms with E-state index in [-0.39, 0.29) is 10.0 Å². The van der Waals surface area contributed by atoms with E-state index in [4.69, 9.17) is 11.6 Å². The number of halogens is 2. The van der Waals surface area contributed by atoms with Crippen molar-refractivity contribution >= 4 is 44.3 Å². The Hall–Kier alpha value is -2.09. The maximum absolute atomic E-state index is 12.9. The fraction of sp³-hybridized carbons (Fsp3) is 0.0588. The summed E-state index contributed by atoms with van der Waals surface area (Å²) in [6.07, 6.45) is 0. The summed E-state index contributed by atoms with van der Waals surface area (Å²) in [5, 5.41) is 3.19. The molecule has 25 heavy (non-hydrogen) atoms. The van der Waals surface area contributed by atoms with Crippen molar-refractivity contribution in [3.63, 3.8) is 0 Å². The van der Waals surface area contributed by atoms with E-state index in [1.165, 1.54) is 18.2 Å². The van der Waals surface area contributed by atoms with E-state index < -0.39 is 10.0 Å². The lowest BCUT2D eigenvalue weighted by Crippen LogP contribution is -2.11. The number of nitrogens with one attached hydrogen (secondary N) is 2. The highest BCUT2D eigenvalue weighted by Crippen LogP contribution is 2.27. The molecule has 8 heteroatoms. The molecule has 3 aromatic rings. The van der Waals surface area contributed by atoms with E-state index in [1.807, 2.05) is 0 Å². The molecule has 0 saturated carbocycles. The van der Waals surface area contributed by atoms with Crippen LogP contribution in [0, 0.1) is 5.82 Å². The average molecular weight is 397 g/mol. The molecule has 0 aliphatic rings. The monoisotopic (exact) mass is 396 g/mol. The number of anilines is 2. The van der Waals surface area contributed by atoms with Gasteiger partial charge >= 0.3 is 0 Å². The van der Waals surface area contributed by atoms with Gasteiger partial charge in [0.25, 0.3) is 10.0 Å². The van der Waals surface area contributed by atoms with Crippen molar-refractivity contribution in [1.82, 2.24) is 0 Å². The van der Waals surface area contributed by atoms with Gasteiger partial charge in [0, 0.05) is 17.9 Å². The van der Waals surface area contributed by atoms with Gasteiger partial charge < -0.3 is 5.32 Å². The second kappa shape index (κ2) is 7.43. The van der Waals surface area contributed by atoms with Gasteiger partial charge in [0.15, 0.2) is 0 Å². The first-order chi connectivity index (χ1) is 11.9. The Bertz CT molecular complexity index is 955. The molecular formula is C17H14ClFN2O2S2. The van der Waals surface area contributed by atoms with Crippen molar-refractivity contribution in [2.24, 2.45) is 0 Å². The molecule has 0 saturated heterocycles. The summed E-state index contributed by atoms with van der Waals surface area (Å²) >= 11 is 6.78. The fourth-order valence-electron chi connectivity index (χ4n) is 2.11. The van der Waals surface area contributed by atoms with Crippen LogP contribution in [0.5, 0.6) is 0 Å². The number of hydrogen-bond acceptors (Lipinski definition) is 4. The van der Waals surface area contributed by atoms with Crippen LogP contribution in [0.3, 0.4) is 0 Å². The standard InChI is InChI=1S/C17H14ClFN2O2S2/c18-16-9-10-17(24-16)25(22,23)21-15-7-5-14(6-8-15)20-11-12-1-3-13(19)4-2-12/h1-10,20-21H,11H2. The van der Waals surface area contributed by atoms with Crippen molar-refractivity contribution in [2.45, 2.75) is 10.8 Å². The van der Waals surface area contributed by atoms with E-state index in [2.05, 4.69) is 10.0 Å². The lowest BCUT2D eigenvalue weighted by atomic mass is 10.2. The molecule has 3 rings (SSSR count). The normalized spacial score (nSPS) is 11.3. The smallest absolute Gasteiger partial charge is 0.271 e. The van der Waals surface area contributed by atoms with Gasteiger partial charge in [0.2, 0.25) is 0 Å². The van der Waals surface area contributed by atoms with Gasteiger partial charge in [-0.2, -0.15) is 0 Å². The van der Waals surface area contributed by atoms with E-state index in [0.717, 1.165) is 22.6 Å². The topological polar surface area (TPSA) is 58.2 Å². The molecule has 0 fully saturated rings. The van der Waals surface area contributed by atoms with Gasteiger partial charge in [0.05, 0.1) is 4.34 Å². The molecule has 1 heterocycles. The molecule has 2 aromatic carbocycles. The Labute approximate surface area is 154 Å². The number of hydrogen-bond donors (Lipinski definition) is 2. The van der Waals surface area contributed by atoms with Crippen molar-refractivity contribution in [3.05, 3.63) is 76.4 Å². The van der Waals surface area contributed by atoms with Crippen molar-refractivity contribution in [1.29, 1.82) is 0 Å². The van der Waals surface area contributed by atoms with Crippen LogP contribution in [0.4, 0.5) is 15.8 Å². The van der Waals surface area contributed by atoms with E-state index >= 15 is 0 Å². The first kappa shape index (κ1) is 17.7. The molecular weight excluding hydrogens is 383 g/mol. The fourth-order valence-corrected chi connectivity index (χ4v) is 4.65. The predicted octanol–water partition coefficient (Wildman–Crippen LogP) is 4.95. The zero-order valence-corrected chi connectivity index (χ0v) is 15.3. The summed E-state index contributed by atoms with van der Waals surface area (Å²) in [5.41, 5.74) is 2.23. The maximum atomic E-state index is 12.9. The molecule has 0 aliphatic heterocycles. The van der Waals surface area contributed by atoms with Gasteiger partial charge in [-0.3, -0.25) is 4.72 Å². The quantitative estimate of drug-likeness (QED) is 0.619. The summed E-state index contributed by atoms with van der Waals surface area (Å²) in [4.78, 5) is 0. The van der Waals surface area contributed by atoms with E-state index in [1.54, 1.807) is 42.5 Å². The van der Waals surface area contributed by atoms with Crippen LogP contribution in [0.2, 0.25) is 4.34 Å². The summed E-state index contributed by atoms with van der Waals surface area (Å²) < 4.78 is 40.4. The molecule has 130 valence electrons. The van der Waals surface area contributed by atoms with Gasteiger partial charge in [-0.1, -0.05) is 23.7 Å². The lowest BCUT2D eigenvalue weighted by molar-refractivity contribution is 0.603. The summed E-state index contributed by atoms with van der Waals surface area (Å²) in [6.45, 7) is 0.541. The van der Waals surface area contributed by atoms with Gasteiger partial charge in [-0.05, 0) is 54.1 Å². The Kier molecular flexibility index (Phi) is 5.27. The number of rotatable bonds is 6. The van der Waals surface area contributed by atoms with E-state index in [0.29, 0.717) is 16.6 Å². The number of thiophene rings is 1. The van der Waals surface area contributed by atoms with Crippen molar-refractivity contribution < 1.29 is 12.8 Å².